The molecule has 1 aliphatic carbocycles. The van der Waals surface area contributed by atoms with E-state index in [0.717, 1.165) is 43.1 Å². The Labute approximate surface area is 201 Å². The van der Waals surface area contributed by atoms with Crippen LogP contribution in [0.25, 0.3) is 10.9 Å². The Morgan fingerprint density at radius 2 is 1.91 bits per heavy atom. The Kier molecular flexibility index (Phi) is 6.02. The Morgan fingerprint density at radius 1 is 1.03 bits per heavy atom. The third kappa shape index (κ3) is 4.58. The van der Waals surface area contributed by atoms with Crippen molar-refractivity contribution in [2.75, 3.05) is 6.54 Å². The molecule has 5 heteroatoms. The number of hydrogen-bond donors (Lipinski definition) is 1. The van der Waals surface area contributed by atoms with Crippen molar-refractivity contribution in [1.29, 1.82) is 0 Å². The number of nitrogens with one attached hydrogen (secondary N) is 1. The van der Waals surface area contributed by atoms with Gasteiger partial charge in [0.1, 0.15) is 18.2 Å². The zero-order valence-corrected chi connectivity index (χ0v) is 19.7. The van der Waals surface area contributed by atoms with Crippen LogP contribution in [-0.4, -0.2) is 26.4 Å². The van der Waals surface area contributed by atoms with E-state index >= 15 is 0 Å². The van der Waals surface area contributed by atoms with Gasteiger partial charge in [0.05, 0.1) is 0 Å². The molecule has 2 aromatic carbocycles. The summed E-state index contributed by atoms with van der Waals surface area (Å²) in [5.74, 6) is 2.57. The van der Waals surface area contributed by atoms with Crippen molar-refractivity contribution in [2.24, 2.45) is 0 Å². The van der Waals surface area contributed by atoms with Crippen LogP contribution in [0.4, 0.5) is 0 Å². The molecule has 5 nitrogen and oxygen atoms in total. The van der Waals surface area contributed by atoms with E-state index in [1.807, 2.05) is 24.3 Å². The van der Waals surface area contributed by atoms with Gasteiger partial charge in [-0.1, -0.05) is 49.6 Å². The molecule has 6 rings (SSSR count). The number of hydrogen-bond acceptors (Lipinski definition) is 4. The lowest BCUT2D eigenvalue weighted by Crippen LogP contribution is -2.31. The second-order valence-corrected chi connectivity index (χ2v) is 9.79. The highest BCUT2D eigenvalue weighted by atomic mass is 16.5. The average molecular weight is 453 g/mol. The van der Waals surface area contributed by atoms with Gasteiger partial charge >= 0.3 is 0 Å². The first-order valence-corrected chi connectivity index (χ1v) is 12.7. The lowest BCUT2D eigenvalue weighted by molar-refractivity contribution is 0.243. The van der Waals surface area contributed by atoms with Gasteiger partial charge in [0, 0.05) is 66.5 Å². The molecular weight excluding hydrogens is 420 g/mol. The molecule has 0 unspecified atom stereocenters. The smallest absolute Gasteiger partial charge is 0.131 e. The van der Waals surface area contributed by atoms with Gasteiger partial charge < -0.3 is 9.72 Å². The summed E-state index contributed by atoms with van der Waals surface area (Å²) in [6.07, 6.45) is 11.8. The molecule has 1 fully saturated rings. The van der Waals surface area contributed by atoms with Gasteiger partial charge in [-0.05, 0) is 42.2 Å². The Morgan fingerprint density at radius 3 is 2.79 bits per heavy atom. The summed E-state index contributed by atoms with van der Waals surface area (Å²) in [7, 11) is 0. The summed E-state index contributed by atoms with van der Waals surface area (Å²) in [5.41, 5.74) is 6.20. The fourth-order valence-corrected chi connectivity index (χ4v) is 5.44. The lowest BCUT2D eigenvalue weighted by Gasteiger charge is -2.29. The van der Waals surface area contributed by atoms with Gasteiger partial charge in [-0.3, -0.25) is 4.90 Å². The van der Waals surface area contributed by atoms with Gasteiger partial charge in [-0.2, -0.15) is 0 Å². The quantitative estimate of drug-likeness (QED) is 0.382. The molecule has 0 saturated heterocycles. The van der Waals surface area contributed by atoms with Crippen molar-refractivity contribution in [3.8, 4) is 5.75 Å². The van der Waals surface area contributed by atoms with Crippen molar-refractivity contribution < 1.29 is 4.74 Å². The molecule has 0 atom stereocenters. The van der Waals surface area contributed by atoms with Crippen LogP contribution in [0.2, 0.25) is 0 Å². The number of aromatic amines is 1. The number of H-pyrrole nitrogens is 1. The van der Waals surface area contributed by atoms with Crippen LogP contribution >= 0.6 is 0 Å². The SMILES string of the molecule is c1ccc(COc2ccc3[nH]cc(CN4CCc5nc(C6CCCCC6)ncc5C4)c3c2)cc1. The van der Waals surface area contributed by atoms with Crippen molar-refractivity contribution in [3.63, 3.8) is 0 Å². The zero-order valence-electron chi connectivity index (χ0n) is 19.7. The van der Waals surface area contributed by atoms with Gasteiger partial charge in [0.25, 0.3) is 0 Å². The van der Waals surface area contributed by atoms with Crippen LogP contribution in [0.1, 0.15) is 66.2 Å². The largest absolute Gasteiger partial charge is 0.489 e. The zero-order chi connectivity index (χ0) is 22.7. The number of rotatable bonds is 6. The maximum absolute atomic E-state index is 6.08. The van der Waals surface area contributed by atoms with Gasteiger partial charge in [-0.25, -0.2) is 9.97 Å². The van der Waals surface area contributed by atoms with Crippen LogP contribution in [0, 0.1) is 0 Å². The van der Waals surface area contributed by atoms with Crippen molar-refractivity contribution >= 4 is 10.9 Å². The van der Waals surface area contributed by atoms with Gasteiger partial charge in [0.15, 0.2) is 0 Å². The Balaban J connectivity index is 1.14. The standard InChI is InChI=1S/C29H32N4O/c1-3-7-21(8-4-1)20-34-25-11-12-28-26(15-25)23(16-30-28)18-33-14-13-27-24(19-33)17-31-29(32-27)22-9-5-2-6-10-22/h1,3-4,7-8,11-12,15-17,22,30H,2,5-6,9-10,13-14,18-20H2. The van der Waals surface area contributed by atoms with E-state index in [4.69, 9.17) is 14.7 Å². The third-order valence-corrected chi connectivity index (χ3v) is 7.38. The minimum absolute atomic E-state index is 0.571. The maximum atomic E-state index is 6.08. The monoisotopic (exact) mass is 452 g/mol. The van der Waals surface area contributed by atoms with Crippen LogP contribution in [0.5, 0.6) is 5.75 Å². The van der Waals surface area contributed by atoms with Crippen molar-refractivity contribution in [3.05, 3.63) is 89.1 Å². The normalized spacial score (nSPS) is 17.1. The van der Waals surface area contributed by atoms with E-state index in [0.29, 0.717) is 12.5 Å². The first-order valence-electron chi connectivity index (χ1n) is 12.7. The van der Waals surface area contributed by atoms with Gasteiger partial charge in [-0.15, -0.1) is 0 Å². The number of ether oxygens (including phenoxy) is 1. The average Bonchev–Trinajstić information content (AvgIpc) is 3.30. The van der Waals surface area contributed by atoms with Gasteiger partial charge in [0.2, 0.25) is 0 Å². The van der Waals surface area contributed by atoms with Crippen molar-refractivity contribution in [1.82, 2.24) is 19.9 Å². The molecule has 1 aliphatic heterocycles. The molecule has 0 bridgehead atoms. The molecule has 2 aliphatic rings. The highest BCUT2D eigenvalue weighted by Crippen LogP contribution is 2.32. The topological polar surface area (TPSA) is 54.0 Å². The molecule has 1 saturated carbocycles. The summed E-state index contributed by atoms with van der Waals surface area (Å²) >= 11 is 0. The van der Waals surface area contributed by atoms with Crippen LogP contribution in [-0.2, 0) is 26.1 Å². The number of fused-ring (bicyclic) bond motifs is 2. The number of benzene rings is 2. The fraction of sp³-hybridized carbons (Fsp3) is 0.379. The molecule has 0 amide bonds. The first-order chi connectivity index (χ1) is 16.8. The molecule has 0 spiro atoms. The lowest BCUT2D eigenvalue weighted by atomic mass is 9.88. The molecule has 2 aromatic heterocycles. The van der Waals surface area contributed by atoms with E-state index in [1.165, 1.54) is 59.9 Å². The molecule has 3 heterocycles. The van der Waals surface area contributed by atoms with Crippen molar-refractivity contribution in [2.45, 2.75) is 64.1 Å². The van der Waals surface area contributed by atoms with Crippen LogP contribution in [0.3, 0.4) is 0 Å². The Hall–Kier alpha value is -3.18. The summed E-state index contributed by atoms with van der Waals surface area (Å²) in [6, 6.07) is 16.6. The highest BCUT2D eigenvalue weighted by Gasteiger charge is 2.23. The van der Waals surface area contributed by atoms with E-state index in [1.54, 1.807) is 0 Å². The summed E-state index contributed by atoms with van der Waals surface area (Å²) in [6.45, 7) is 3.44. The minimum atomic E-state index is 0.571. The number of aromatic nitrogens is 3. The molecular formula is C29H32N4O. The highest BCUT2D eigenvalue weighted by molar-refractivity contribution is 5.84. The molecule has 0 radical (unpaired) electrons. The van der Waals surface area contributed by atoms with Crippen LogP contribution < -0.4 is 4.74 Å². The van der Waals surface area contributed by atoms with E-state index in [-0.39, 0.29) is 0 Å². The fourth-order valence-electron chi connectivity index (χ4n) is 5.44. The maximum Gasteiger partial charge on any atom is 0.131 e. The molecule has 1 N–H and O–H groups in total. The number of nitrogens with zero attached hydrogens (tertiary/aromatic N) is 3. The van der Waals surface area contributed by atoms with E-state index in [9.17, 15) is 0 Å². The molecule has 174 valence electrons. The molecule has 34 heavy (non-hydrogen) atoms. The first kappa shape index (κ1) is 21.4. The summed E-state index contributed by atoms with van der Waals surface area (Å²) in [5, 5.41) is 1.24. The van der Waals surface area contributed by atoms with E-state index in [2.05, 4.69) is 46.5 Å². The Bertz CT molecular complexity index is 1260. The minimum Gasteiger partial charge on any atom is -0.489 e. The second kappa shape index (κ2) is 9.59. The molecule has 4 aromatic rings. The predicted octanol–water partition coefficient (Wildman–Crippen LogP) is 6.14. The predicted molar refractivity (Wildman–Crippen MR) is 135 cm³/mol. The van der Waals surface area contributed by atoms with Crippen LogP contribution in [0.15, 0.2) is 60.9 Å². The summed E-state index contributed by atoms with van der Waals surface area (Å²) < 4.78 is 6.08. The third-order valence-electron chi connectivity index (χ3n) is 7.38. The summed E-state index contributed by atoms with van der Waals surface area (Å²) in [4.78, 5) is 15.7. The second-order valence-electron chi connectivity index (χ2n) is 9.79. The van der Waals surface area contributed by atoms with E-state index < -0.39 is 0 Å².